The highest BCUT2D eigenvalue weighted by molar-refractivity contribution is 5.89. The second-order valence-electron chi connectivity index (χ2n) is 6.00. The van der Waals surface area contributed by atoms with Crippen LogP contribution in [0.1, 0.15) is 18.1 Å². The molecule has 0 atom stereocenters. The number of phenols is 1. The summed E-state index contributed by atoms with van der Waals surface area (Å²) in [6.45, 7) is 5.30. The molecule has 1 heterocycles. The molecule has 0 aliphatic rings. The first-order valence-electron chi connectivity index (χ1n) is 7.93. The molecule has 0 unspecified atom stereocenters. The van der Waals surface area contributed by atoms with E-state index in [0.717, 1.165) is 33.8 Å². The standard InChI is InChI=1S/C19H20N4O2/c1-11-9-15(20-13(3)24)5-6-16(11)21-19-10-17(22-23-19)14-4-7-18(25)12(2)8-14/h4-10,25H,1-3H3,(H,20,24)(H2,21,22,23). The molecule has 0 radical (unpaired) electrons. The van der Waals surface area contributed by atoms with E-state index in [1.54, 1.807) is 6.07 Å². The Morgan fingerprint density at radius 1 is 1.08 bits per heavy atom. The van der Waals surface area contributed by atoms with Crippen molar-refractivity contribution in [3.8, 4) is 17.0 Å². The molecule has 0 bridgehead atoms. The lowest BCUT2D eigenvalue weighted by Crippen LogP contribution is -2.06. The van der Waals surface area contributed by atoms with E-state index in [0.29, 0.717) is 5.82 Å². The van der Waals surface area contributed by atoms with Gasteiger partial charge in [0.1, 0.15) is 5.75 Å². The molecular weight excluding hydrogens is 316 g/mol. The van der Waals surface area contributed by atoms with Crippen molar-refractivity contribution < 1.29 is 9.90 Å². The maximum absolute atomic E-state index is 11.1. The van der Waals surface area contributed by atoms with Crippen LogP contribution < -0.4 is 10.6 Å². The van der Waals surface area contributed by atoms with Gasteiger partial charge in [0, 0.05) is 29.9 Å². The first kappa shape index (κ1) is 16.6. The number of aromatic hydroxyl groups is 1. The fourth-order valence-electron chi connectivity index (χ4n) is 2.58. The minimum Gasteiger partial charge on any atom is -0.508 e. The van der Waals surface area contributed by atoms with E-state index in [2.05, 4.69) is 20.8 Å². The average Bonchev–Trinajstić information content (AvgIpc) is 3.01. The summed E-state index contributed by atoms with van der Waals surface area (Å²) in [7, 11) is 0. The van der Waals surface area contributed by atoms with E-state index < -0.39 is 0 Å². The largest absolute Gasteiger partial charge is 0.508 e. The fourth-order valence-corrected chi connectivity index (χ4v) is 2.58. The van der Waals surface area contributed by atoms with E-state index >= 15 is 0 Å². The predicted octanol–water partition coefficient (Wildman–Crippen LogP) is 4.10. The summed E-state index contributed by atoms with van der Waals surface area (Å²) < 4.78 is 0. The molecule has 2 aromatic carbocycles. The maximum atomic E-state index is 11.1. The Labute approximate surface area is 145 Å². The smallest absolute Gasteiger partial charge is 0.221 e. The van der Waals surface area contributed by atoms with Gasteiger partial charge in [-0.25, -0.2) is 0 Å². The number of aromatic amines is 1. The number of hydrogen-bond donors (Lipinski definition) is 4. The number of amides is 1. The lowest BCUT2D eigenvalue weighted by Gasteiger charge is -2.09. The van der Waals surface area contributed by atoms with Crippen LogP contribution in [-0.2, 0) is 4.79 Å². The monoisotopic (exact) mass is 336 g/mol. The lowest BCUT2D eigenvalue weighted by atomic mass is 10.1. The van der Waals surface area contributed by atoms with E-state index in [1.165, 1.54) is 6.92 Å². The predicted molar refractivity (Wildman–Crippen MR) is 99.2 cm³/mol. The molecule has 1 aromatic heterocycles. The molecule has 0 fully saturated rings. The van der Waals surface area contributed by atoms with Gasteiger partial charge in [-0.2, -0.15) is 5.10 Å². The summed E-state index contributed by atoms with van der Waals surface area (Å²) in [6, 6.07) is 13.0. The number of carbonyl (C=O) groups excluding carboxylic acids is 1. The number of hydrogen-bond acceptors (Lipinski definition) is 4. The van der Waals surface area contributed by atoms with Crippen LogP contribution in [0.3, 0.4) is 0 Å². The number of aryl methyl sites for hydroxylation is 2. The molecule has 0 spiro atoms. The number of phenolic OH excluding ortho intramolecular Hbond substituents is 1. The second kappa shape index (κ2) is 6.68. The first-order valence-corrected chi connectivity index (χ1v) is 7.93. The van der Waals surface area contributed by atoms with Crippen molar-refractivity contribution >= 4 is 23.1 Å². The first-order chi connectivity index (χ1) is 11.9. The Morgan fingerprint density at radius 2 is 1.88 bits per heavy atom. The quantitative estimate of drug-likeness (QED) is 0.577. The number of nitrogens with one attached hydrogen (secondary N) is 3. The molecule has 3 rings (SSSR count). The van der Waals surface area contributed by atoms with Gasteiger partial charge in [-0.05, 0) is 61.4 Å². The van der Waals surface area contributed by atoms with Gasteiger partial charge in [-0.15, -0.1) is 0 Å². The van der Waals surface area contributed by atoms with Crippen molar-refractivity contribution in [1.82, 2.24) is 10.2 Å². The van der Waals surface area contributed by atoms with E-state index in [9.17, 15) is 9.90 Å². The number of aromatic nitrogens is 2. The highest BCUT2D eigenvalue weighted by atomic mass is 16.3. The van der Waals surface area contributed by atoms with E-state index in [1.807, 2.05) is 50.2 Å². The second-order valence-corrected chi connectivity index (χ2v) is 6.00. The summed E-state index contributed by atoms with van der Waals surface area (Å²) in [5, 5.41) is 22.9. The Morgan fingerprint density at radius 3 is 2.56 bits per heavy atom. The molecule has 4 N–H and O–H groups in total. The Hall–Kier alpha value is -3.28. The number of H-pyrrole nitrogens is 1. The molecule has 1 amide bonds. The normalized spacial score (nSPS) is 10.5. The molecule has 0 aliphatic heterocycles. The van der Waals surface area contributed by atoms with Crippen LogP contribution in [0.5, 0.6) is 5.75 Å². The summed E-state index contributed by atoms with van der Waals surface area (Å²) >= 11 is 0. The van der Waals surface area contributed by atoms with Gasteiger partial charge in [0.05, 0.1) is 5.69 Å². The molecule has 6 nitrogen and oxygen atoms in total. The van der Waals surface area contributed by atoms with Crippen LogP contribution in [0.2, 0.25) is 0 Å². The molecule has 0 aliphatic carbocycles. The van der Waals surface area contributed by atoms with Crippen molar-refractivity contribution in [2.45, 2.75) is 20.8 Å². The zero-order chi connectivity index (χ0) is 18.0. The number of nitrogens with zero attached hydrogens (tertiary/aromatic N) is 1. The number of anilines is 3. The van der Waals surface area contributed by atoms with Gasteiger partial charge >= 0.3 is 0 Å². The number of rotatable bonds is 4. The van der Waals surface area contributed by atoms with Crippen molar-refractivity contribution in [1.29, 1.82) is 0 Å². The van der Waals surface area contributed by atoms with Gasteiger partial charge < -0.3 is 15.7 Å². The number of carbonyl (C=O) groups is 1. The zero-order valence-electron chi connectivity index (χ0n) is 14.3. The average molecular weight is 336 g/mol. The minimum absolute atomic E-state index is 0.0961. The van der Waals surface area contributed by atoms with E-state index in [-0.39, 0.29) is 11.7 Å². The van der Waals surface area contributed by atoms with E-state index in [4.69, 9.17) is 0 Å². The van der Waals surface area contributed by atoms with Crippen LogP contribution >= 0.6 is 0 Å². The van der Waals surface area contributed by atoms with Crippen LogP contribution in [0.25, 0.3) is 11.3 Å². The Kier molecular flexibility index (Phi) is 4.43. The Balaban J connectivity index is 1.79. The number of benzene rings is 2. The molecule has 0 saturated heterocycles. The SMILES string of the molecule is CC(=O)Nc1ccc(Nc2cc(-c3ccc(O)c(C)c3)[nH]n2)c(C)c1. The molecule has 25 heavy (non-hydrogen) atoms. The van der Waals surface area contributed by atoms with Crippen molar-refractivity contribution in [2.24, 2.45) is 0 Å². The molecule has 3 aromatic rings. The maximum Gasteiger partial charge on any atom is 0.221 e. The lowest BCUT2D eigenvalue weighted by molar-refractivity contribution is -0.114. The Bertz CT molecular complexity index is 931. The van der Waals surface area contributed by atoms with Gasteiger partial charge in [-0.1, -0.05) is 0 Å². The molecule has 0 saturated carbocycles. The topological polar surface area (TPSA) is 90.0 Å². The summed E-state index contributed by atoms with van der Waals surface area (Å²) in [6.07, 6.45) is 0. The molecular formula is C19H20N4O2. The molecule has 128 valence electrons. The van der Waals surface area contributed by atoms with Gasteiger partial charge in [-0.3, -0.25) is 9.89 Å². The summed E-state index contributed by atoms with van der Waals surface area (Å²) in [4.78, 5) is 11.1. The highest BCUT2D eigenvalue weighted by Crippen LogP contribution is 2.27. The third kappa shape index (κ3) is 3.80. The van der Waals surface area contributed by atoms with Gasteiger partial charge in [0.25, 0.3) is 0 Å². The van der Waals surface area contributed by atoms with Crippen molar-refractivity contribution in [3.63, 3.8) is 0 Å². The minimum atomic E-state index is -0.0961. The van der Waals surface area contributed by atoms with Crippen molar-refractivity contribution in [3.05, 3.63) is 53.6 Å². The molecule has 6 heteroatoms. The van der Waals surface area contributed by atoms with Crippen LogP contribution in [0, 0.1) is 13.8 Å². The van der Waals surface area contributed by atoms with Crippen LogP contribution in [0.15, 0.2) is 42.5 Å². The van der Waals surface area contributed by atoms with Gasteiger partial charge in [0.2, 0.25) is 5.91 Å². The van der Waals surface area contributed by atoms with Crippen molar-refractivity contribution in [2.75, 3.05) is 10.6 Å². The van der Waals surface area contributed by atoms with Gasteiger partial charge in [0.15, 0.2) is 5.82 Å². The van der Waals surface area contributed by atoms with Crippen LogP contribution in [0.4, 0.5) is 17.2 Å². The fraction of sp³-hybridized carbons (Fsp3) is 0.158. The zero-order valence-corrected chi connectivity index (χ0v) is 14.3. The summed E-state index contributed by atoms with van der Waals surface area (Å²) in [5.74, 6) is 0.869. The third-order valence-corrected chi connectivity index (χ3v) is 3.90. The summed E-state index contributed by atoms with van der Waals surface area (Å²) in [5.41, 5.74) is 5.29. The van der Waals surface area contributed by atoms with Crippen LogP contribution in [-0.4, -0.2) is 21.2 Å². The highest BCUT2D eigenvalue weighted by Gasteiger charge is 2.08. The third-order valence-electron chi connectivity index (χ3n) is 3.90.